The fourth-order valence-electron chi connectivity index (χ4n) is 4.79. The summed E-state index contributed by atoms with van der Waals surface area (Å²) in [6.07, 6.45) is 0. The molecule has 28 heavy (non-hydrogen) atoms. The van der Waals surface area contributed by atoms with Crippen molar-refractivity contribution >= 4 is 30.6 Å². The number of hydrogen-bond donors (Lipinski definition) is 0. The lowest BCUT2D eigenvalue weighted by Gasteiger charge is -2.33. The van der Waals surface area contributed by atoms with Crippen molar-refractivity contribution < 1.29 is 0 Å². The summed E-state index contributed by atoms with van der Waals surface area (Å²) in [5, 5.41) is 0. The minimum atomic E-state index is 0.207. The molecule has 2 nitrogen and oxygen atoms in total. The average molecular weight is 368 g/mol. The molecule has 0 bridgehead atoms. The molecule has 3 aromatic carbocycles. The smallest absolute Gasteiger partial charge is 0.158 e. The number of rotatable bonds is 2. The van der Waals surface area contributed by atoms with Crippen molar-refractivity contribution in [2.24, 2.45) is 0 Å². The van der Waals surface area contributed by atoms with E-state index in [2.05, 4.69) is 108 Å². The van der Waals surface area contributed by atoms with Crippen molar-refractivity contribution in [2.45, 2.75) is 47.6 Å². The Kier molecular flexibility index (Phi) is 4.49. The van der Waals surface area contributed by atoms with E-state index in [1.165, 1.54) is 56.1 Å². The number of hydrogen-bond acceptors (Lipinski definition) is 2. The van der Waals surface area contributed by atoms with Crippen molar-refractivity contribution in [1.29, 1.82) is 0 Å². The van der Waals surface area contributed by atoms with E-state index in [4.69, 9.17) is 0 Å². The van der Waals surface area contributed by atoms with Crippen molar-refractivity contribution in [3.05, 3.63) is 81.9 Å². The molecule has 0 spiro atoms. The van der Waals surface area contributed by atoms with Crippen molar-refractivity contribution in [1.82, 2.24) is 0 Å². The summed E-state index contributed by atoms with van der Waals surface area (Å²) in [6, 6.07) is 18.2. The first-order valence-corrected chi connectivity index (χ1v) is 10.1. The van der Waals surface area contributed by atoms with Crippen LogP contribution in [0, 0.1) is 41.5 Å². The van der Waals surface area contributed by atoms with Crippen LogP contribution in [0.3, 0.4) is 0 Å². The normalized spacial score (nSPS) is 15.9. The second-order valence-corrected chi connectivity index (χ2v) is 8.33. The standard InChI is InChI=1S/C25H29BN2/c1-15-11-19(5)24(20(6)12-15)28-22-10-8-7-9-21(22)27(25(28)26)23-14-17(3)16(2)13-18(23)4/h7-14,25H,26H2,1-6H3. The Morgan fingerprint density at radius 3 is 1.75 bits per heavy atom. The summed E-state index contributed by atoms with van der Waals surface area (Å²) < 4.78 is 0. The second kappa shape index (κ2) is 6.74. The van der Waals surface area contributed by atoms with Crippen LogP contribution < -0.4 is 9.80 Å². The van der Waals surface area contributed by atoms with Gasteiger partial charge in [-0.05, 0) is 87.6 Å². The zero-order chi connectivity index (χ0) is 20.2. The van der Waals surface area contributed by atoms with Gasteiger partial charge in [-0.15, -0.1) is 0 Å². The van der Waals surface area contributed by atoms with Crippen molar-refractivity contribution in [2.75, 3.05) is 9.80 Å². The molecule has 1 heterocycles. The largest absolute Gasteiger partial charge is 0.326 e. The maximum atomic E-state index is 2.51. The molecule has 0 aromatic heterocycles. The molecule has 142 valence electrons. The minimum Gasteiger partial charge on any atom is -0.326 e. The maximum absolute atomic E-state index is 2.51. The Balaban J connectivity index is 1.93. The summed E-state index contributed by atoms with van der Waals surface area (Å²) in [5.74, 6) is 0. The monoisotopic (exact) mass is 368 g/mol. The zero-order valence-corrected chi connectivity index (χ0v) is 18.1. The van der Waals surface area contributed by atoms with Gasteiger partial charge in [0.2, 0.25) is 0 Å². The summed E-state index contributed by atoms with van der Waals surface area (Å²) in [7, 11) is 2.31. The van der Waals surface area contributed by atoms with Gasteiger partial charge in [0.1, 0.15) is 0 Å². The Labute approximate surface area is 170 Å². The van der Waals surface area contributed by atoms with Gasteiger partial charge in [-0.3, -0.25) is 0 Å². The molecule has 1 aliphatic heterocycles. The predicted octanol–water partition coefficient (Wildman–Crippen LogP) is 5.74. The summed E-state index contributed by atoms with van der Waals surface area (Å²) in [5.41, 5.74) is 13.2. The molecule has 4 rings (SSSR count). The van der Waals surface area contributed by atoms with Crippen LogP contribution in [-0.4, -0.2) is 13.9 Å². The highest BCUT2D eigenvalue weighted by Gasteiger charge is 2.36. The van der Waals surface area contributed by atoms with Crippen molar-refractivity contribution in [3.8, 4) is 0 Å². The van der Waals surface area contributed by atoms with Crippen LogP contribution in [0.4, 0.5) is 22.7 Å². The van der Waals surface area contributed by atoms with Crippen LogP contribution in [0.25, 0.3) is 0 Å². The zero-order valence-electron chi connectivity index (χ0n) is 18.1. The lowest BCUT2D eigenvalue weighted by molar-refractivity contribution is 0.899. The van der Waals surface area contributed by atoms with Crippen LogP contribution >= 0.6 is 0 Å². The molecule has 1 aliphatic rings. The highest BCUT2D eigenvalue weighted by molar-refractivity contribution is 6.19. The number of para-hydroxylation sites is 2. The van der Waals surface area contributed by atoms with Gasteiger partial charge in [-0.1, -0.05) is 35.9 Å². The third-order valence-corrected chi connectivity index (χ3v) is 6.10. The van der Waals surface area contributed by atoms with Gasteiger partial charge in [-0.2, -0.15) is 0 Å². The predicted molar refractivity (Wildman–Crippen MR) is 124 cm³/mol. The van der Waals surface area contributed by atoms with E-state index in [0.717, 1.165) is 0 Å². The lowest BCUT2D eigenvalue weighted by atomic mass is 9.96. The number of benzene rings is 3. The topological polar surface area (TPSA) is 6.48 Å². The maximum Gasteiger partial charge on any atom is 0.158 e. The van der Waals surface area contributed by atoms with Crippen LogP contribution in [-0.2, 0) is 0 Å². The molecule has 0 aliphatic carbocycles. The van der Waals surface area contributed by atoms with E-state index in [9.17, 15) is 0 Å². The lowest BCUT2D eigenvalue weighted by Crippen LogP contribution is -2.39. The first-order valence-electron chi connectivity index (χ1n) is 10.1. The van der Waals surface area contributed by atoms with Gasteiger partial charge < -0.3 is 9.80 Å². The average Bonchev–Trinajstić information content (AvgIpc) is 2.90. The minimum absolute atomic E-state index is 0.207. The van der Waals surface area contributed by atoms with Gasteiger partial charge in [0.25, 0.3) is 0 Å². The van der Waals surface area contributed by atoms with Crippen LogP contribution in [0.15, 0.2) is 48.5 Å². The van der Waals surface area contributed by atoms with E-state index >= 15 is 0 Å². The van der Waals surface area contributed by atoms with E-state index in [1.807, 2.05) is 0 Å². The van der Waals surface area contributed by atoms with Gasteiger partial charge in [0.05, 0.1) is 17.4 Å². The van der Waals surface area contributed by atoms with Gasteiger partial charge in [0.15, 0.2) is 7.85 Å². The molecule has 0 radical (unpaired) electrons. The van der Waals surface area contributed by atoms with Crippen LogP contribution in [0.5, 0.6) is 0 Å². The summed E-state index contributed by atoms with van der Waals surface area (Å²) >= 11 is 0. The van der Waals surface area contributed by atoms with E-state index in [1.54, 1.807) is 0 Å². The Morgan fingerprint density at radius 2 is 1.14 bits per heavy atom. The molecule has 0 amide bonds. The third kappa shape index (κ3) is 2.81. The molecular weight excluding hydrogens is 339 g/mol. The molecule has 3 aromatic rings. The van der Waals surface area contributed by atoms with Crippen LogP contribution in [0.2, 0.25) is 0 Å². The Morgan fingerprint density at radius 1 is 0.607 bits per heavy atom. The highest BCUT2D eigenvalue weighted by atomic mass is 15.4. The van der Waals surface area contributed by atoms with E-state index in [0.29, 0.717) is 0 Å². The van der Waals surface area contributed by atoms with Gasteiger partial charge >= 0.3 is 0 Å². The Hall–Kier alpha value is -2.68. The molecule has 0 fully saturated rings. The van der Waals surface area contributed by atoms with Crippen LogP contribution in [0.1, 0.15) is 33.4 Å². The summed E-state index contributed by atoms with van der Waals surface area (Å²) in [4.78, 5) is 5.00. The highest BCUT2D eigenvalue weighted by Crippen LogP contribution is 2.49. The van der Waals surface area contributed by atoms with Gasteiger partial charge in [0, 0.05) is 11.4 Å². The Bertz CT molecular complexity index is 1050. The second-order valence-electron chi connectivity index (χ2n) is 8.33. The molecule has 0 N–H and O–H groups in total. The first-order chi connectivity index (χ1) is 13.3. The quantitative estimate of drug-likeness (QED) is 0.532. The summed E-state index contributed by atoms with van der Waals surface area (Å²) in [6.45, 7) is 13.3. The fraction of sp³-hybridized carbons (Fsp3) is 0.280. The number of nitrogens with zero attached hydrogens (tertiary/aromatic N) is 2. The third-order valence-electron chi connectivity index (χ3n) is 6.10. The molecule has 0 saturated carbocycles. The SMILES string of the molecule is BC1N(c2cc(C)c(C)cc2C)c2ccccc2N1c1c(C)cc(C)cc1C. The molecule has 1 unspecified atom stereocenters. The molecule has 1 atom stereocenters. The first kappa shape index (κ1) is 18.7. The fourth-order valence-corrected chi connectivity index (χ4v) is 4.79. The number of fused-ring (bicyclic) bond motifs is 1. The van der Waals surface area contributed by atoms with Gasteiger partial charge in [-0.25, -0.2) is 0 Å². The van der Waals surface area contributed by atoms with Crippen molar-refractivity contribution in [3.63, 3.8) is 0 Å². The van der Waals surface area contributed by atoms with E-state index < -0.39 is 0 Å². The van der Waals surface area contributed by atoms with E-state index in [-0.39, 0.29) is 6.07 Å². The molecule has 0 saturated heterocycles. The number of aryl methyl sites for hydroxylation is 6. The molecular formula is C25H29BN2. The number of anilines is 4. The molecule has 3 heteroatoms.